The van der Waals surface area contributed by atoms with E-state index in [0.717, 1.165) is 0 Å². The molecule has 0 aliphatic rings. The van der Waals surface area contributed by atoms with E-state index < -0.39 is 0 Å². The molecule has 10 aromatic rings. The Morgan fingerprint density at radius 2 is 1.02 bits per heavy atom. The quantitative estimate of drug-likeness (QED) is 0.194. The lowest BCUT2D eigenvalue weighted by Gasteiger charge is -2.11. The highest BCUT2D eigenvalue weighted by molar-refractivity contribution is 7.26. The minimum atomic E-state index is 1.17. The summed E-state index contributed by atoms with van der Waals surface area (Å²) in [5.74, 6) is 0. The monoisotopic (exact) mass is 590 g/mol. The highest BCUT2D eigenvalue weighted by Gasteiger charge is 2.21. The van der Waals surface area contributed by atoms with Gasteiger partial charge in [0.1, 0.15) is 0 Å². The van der Waals surface area contributed by atoms with Crippen LogP contribution >= 0.6 is 11.3 Å². The van der Waals surface area contributed by atoms with Crippen molar-refractivity contribution in [3.05, 3.63) is 158 Å². The summed E-state index contributed by atoms with van der Waals surface area (Å²) < 4.78 is 7.58. The molecule has 0 aliphatic heterocycles. The van der Waals surface area contributed by atoms with Crippen molar-refractivity contribution in [2.24, 2.45) is 0 Å². The van der Waals surface area contributed by atoms with Gasteiger partial charge < -0.3 is 9.13 Å². The SMILES string of the molecule is c1ccc(-c2cccc(-n3c4cc5c(cc4c4c6sc7ccccc7c6ccc43)c3ccccc3n5-c3ccccc3)c2)cc1. The van der Waals surface area contributed by atoms with Crippen LogP contribution in [0, 0.1) is 0 Å². The number of para-hydroxylation sites is 2. The van der Waals surface area contributed by atoms with Crippen LogP contribution in [-0.2, 0) is 0 Å². The molecule has 45 heavy (non-hydrogen) atoms. The van der Waals surface area contributed by atoms with Gasteiger partial charge in [-0.25, -0.2) is 0 Å². The summed E-state index contributed by atoms with van der Waals surface area (Å²) in [4.78, 5) is 0. The Labute approximate surface area is 263 Å². The van der Waals surface area contributed by atoms with Gasteiger partial charge in [0, 0.05) is 53.1 Å². The second-order valence-electron chi connectivity index (χ2n) is 11.8. The van der Waals surface area contributed by atoms with Crippen LogP contribution in [0.2, 0.25) is 0 Å². The molecule has 10 rings (SSSR count). The Bertz CT molecular complexity index is 2740. The molecule has 0 N–H and O–H groups in total. The molecule has 0 radical (unpaired) electrons. The third kappa shape index (κ3) is 3.56. The van der Waals surface area contributed by atoms with Crippen LogP contribution in [0.3, 0.4) is 0 Å². The Morgan fingerprint density at radius 1 is 0.356 bits per heavy atom. The number of benzene rings is 7. The van der Waals surface area contributed by atoms with E-state index in [4.69, 9.17) is 0 Å². The summed E-state index contributed by atoms with van der Waals surface area (Å²) in [5.41, 5.74) is 9.66. The minimum Gasteiger partial charge on any atom is -0.309 e. The number of thiophene rings is 1. The van der Waals surface area contributed by atoms with E-state index in [0.29, 0.717) is 0 Å². The lowest BCUT2D eigenvalue weighted by molar-refractivity contribution is 1.17. The van der Waals surface area contributed by atoms with Crippen LogP contribution in [0.25, 0.3) is 86.3 Å². The molecule has 0 fully saturated rings. The Morgan fingerprint density at radius 3 is 1.89 bits per heavy atom. The predicted octanol–water partition coefficient (Wildman–Crippen LogP) is 11.9. The first-order valence-electron chi connectivity index (χ1n) is 15.4. The molecule has 2 nitrogen and oxygen atoms in total. The van der Waals surface area contributed by atoms with E-state index in [2.05, 4.69) is 167 Å². The summed E-state index contributed by atoms with van der Waals surface area (Å²) in [6.07, 6.45) is 0. The standard InChI is InChI=1S/C42H26N2S/c1-3-12-27(13-4-1)28-14-11-17-30(24-28)44-37-23-22-33-32-19-8-10-21-40(32)45-42(33)41(37)35-25-34-31-18-7-9-20-36(31)43(38(34)26-39(35)44)29-15-5-2-6-16-29/h1-26H. The molecule has 0 saturated carbocycles. The molecule has 0 spiro atoms. The fraction of sp³-hybridized carbons (Fsp3) is 0. The van der Waals surface area contributed by atoms with Crippen molar-refractivity contribution in [3.8, 4) is 22.5 Å². The van der Waals surface area contributed by atoms with E-state index in [9.17, 15) is 0 Å². The molecule has 0 aliphatic carbocycles. The van der Waals surface area contributed by atoms with Crippen molar-refractivity contribution in [3.63, 3.8) is 0 Å². The molecule has 3 aromatic heterocycles. The zero-order chi connectivity index (χ0) is 29.5. The molecule has 0 atom stereocenters. The van der Waals surface area contributed by atoms with Gasteiger partial charge in [0.15, 0.2) is 0 Å². The van der Waals surface area contributed by atoms with Crippen LogP contribution in [0.1, 0.15) is 0 Å². The average Bonchev–Trinajstić information content (AvgIpc) is 3.75. The van der Waals surface area contributed by atoms with Crippen LogP contribution in [0.5, 0.6) is 0 Å². The van der Waals surface area contributed by atoms with Gasteiger partial charge in [-0.15, -0.1) is 11.3 Å². The molecule has 3 heteroatoms. The van der Waals surface area contributed by atoms with E-state index in [1.165, 1.54) is 86.3 Å². The number of aromatic nitrogens is 2. The second kappa shape index (κ2) is 9.43. The number of rotatable bonds is 3. The Balaban J connectivity index is 1.39. The lowest BCUT2D eigenvalue weighted by atomic mass is 10.1. The van der Waals surface area contributed by atoms with Gasteiger partial charge in [-0.3, -0.25) is 0 Å². The first kappa shape index (κ1) is 24.8. The fourth-order valence-corrected chi connectivity index (χ4v) is 8.59. The summed E-state index contributed by atoms with van der Waals surface area (Å²) >= 11 is 1.91. The third-order valence-corrected chi connectivity index (χ3v) is 10.5. The topological polar surface area (TPSA) is 9.86 Å². The van der Waals surface area contributed by atoms with Crippen molar-refractivity contribution in [1.29, 1.82) is 0 Å². The molecule has 0 bridgehead atoms. The van der Waals surface area contributed by atoms with Crippen molar-refractivity contribution >= 4 is 75.1 Å². The summed E-state index contributed by atoms with van der Waals surface area (Å²) in [5, 5.41) is 7.81. The number of nitrogens with zero attached hydrogens (tertiary/aromatic N) is 2. The van der Waals surface area contributed by atoms with Gasteiger partial charge >= 0.3 is 0 Å². The fourth-order valence-electron chi connectivity index (χ4n) is 7.33. The highest BCUT2D eigenvalue weighted by Crippen LogP contribution is 2.45. The third-order valence-electron chi connectivity index (χ3n) is 9.29. The van der Waals surface area contributed by atoms with Crippen LogP contribution in [-0.4, -0.2) is 9.13 Å². The first-order valence-corrected chi connectivity index (χ1v) is 16.2. The summed E-state index contributed by atoms with van der Waals surface area (Å²) in [7, 11) is 0. The smallest absolute Gasteiger partial charge is 0.0562 e. The first-order chi connectivity index (χ1) is 22.3. The zero-order valence-corrected chi connectivity index (χ0v) is 25.1. The van der Waals surface area contributed by atoms with Gasteiger partial charge in [-0.2, -0.15) is 0 Å². The maximum absolute atomic E-state index is 2.48. The number of hydrogen-bond donors (Lipinski definition) is 0. The van der Waals surface area contributed by atoms with Crippen molar-refractivity contribution in [2.75, 3.05) is 0 Å². The summed E-state index contributed by atoms with van der Waals surface area (Å²) in [6.45, 7) is 0. The Hall–Kier alpha value is -5.64. The molecule has 7 aromatic carbocycles. The minimum absolute atomic E-state index is 1.17. The zero-order valence-electron chi connectivity index (χ0n) is 24.3. The number of fused-ring (bicyclic) bond motifs is 10. The maximum Gasteiger partial charge on any atom is 0.0562 e. The highest BCUT2D eigenvalue weighted by atomic mass is 32.1. The summed E-state index contributed by atoms with van der Waals surface area (Å²) in [6, 6.07) is 57.5. The normalized spacial score (nSPS) is 12.0. The molecule has 210 valence electrons. The van der Waals surface area contributed by atoms with Crippen molar-refractivity contribution in [1.82, 2.24) is 9.13 Å². The van der Waals surface area contributed by atoms with Crippen LogP contribution in [0.4, 0.5) is 0 Å². The molecule has 0 unspecified atom stereocenters. The largest absolute Gasteiger partial charge is 0.309 e. The lowest BCUT2D eigenvalue weighted by Crippen LogP contribution is -1.96. The molecular weight excluding hydrogens is 565 g/mol. The maximum atomic E-state index is 2.48. The Kier molecular flexibility index (Phi) is 5.19. The van der Waals surface area contributed by atoms with E-state index in [-0.39, 0.29) is 0 Å². The second-order valence-corrected chi connectivity index (χ2v) is 12.8. The molecule has 3 heterocycles. The van der Waals surface area contributed by atoms with Gasteiger partial charge in [0.2, 0.25) is 0 Å². The predicted molar refractivity (Wildman–Crippen MR) is 193 cm³/mol. The van der Waals surface area contributed by atoms with Gasteiger partial charge in [-0.05, 0) is 65.7 Å². The molecule has 0 amide bonds. The van der Waals surface area contributed by atoms with E-state index >= 15 is 0 Å². The molecule has 0 saturated heterocycles. The van der Waals surface area contributed by atoms with Crippen molar-refractivity contribution < 1.29 is 0 Å². The van der Waals surface area contributed by atoms with Crippen LogP contribution < -0.4 is 0 Å². The van der Waals surface area contributed by atoms with Gasteiger partial charge in [0.25, 0.3) is 0 Å². The van der Waals surface area contributed by atoms with E-state index in [1.54, 1.807) is 0 Å². The molecular formula is C42H26N2S. The average molecular weight is 591 g/mol. The number of hydrogen-bond acceptors (Lipinski definition) is 1. The van der Waals surface area contributed by atoms with Gasteiger partial charge in [-0.1, -0.05) is 103 Å². The van der Waals surface area contributed by atoms with Gasteiger partial charge in [0.05, 0.1) is 22.1 Å². The van der Waals surface area contributed by atoms with Crippen LogP contribution in [0.15, 0.2) is 158 Å². The van der Waals surface area contributed by atoms with E-state index in [1.807, 2.05) is 11.3 Å². The van der Waals surface area contributed by atoms with Crippen molar-refractivity contribution in [2.45, 2.75) is 0 Å².